The molecule has 0 bridgehead atoms. The van der Waals surface area contributed by atoms with E-state index in [1.165, 1.54) is 12.1 Å². The van der Waals surface area contributed by atoms with Gasteiger partial charge >= 0.3 is 6.18 Å². The molecule has 0 unspecified atom stereocenters. The molecule has 0 fully saturated rings. The Labute approximate surface area is 161 Å². The molecule has 0 atom stereocenters. The van der Waals surface area contributed by atoms with Crippen molar-refractivity contribution in [1.29, 1.82) is 0 Å². The molecule has 0 aromatic heterocycles. The summed E-state index contributed by atoms with van der Waals surface area (Å²) >= 11 is 0. The highest BCUT2D eigenvalue weighted by atomic mass is 19.4. The maximum absolute atomic E-state index is 13.2. The lowest BCUT2D eigenvalue weighted by atomic mass is 10.1. The topological polar surface area (TPSA) is 45.7 Å². The van der Waals surface area contributed by atoms with Crippen molar-refractivity contribution in [3.8, 4) is 0 Å². The van der Waals surface area contributed by atoms with Crippen LogP contribution in [0.1, 0.15) is 16.7 Å². The van der Waals surface area contributed by atoms with Gasteiger partial charge in [-0.25, -0.2) is 4.39 Å². The van der Waals surface area contributed by atoms with Crippen LogP contribution in [0.3, 0.4) is 0 Å². The quantitative estimate of drug-likeness (QED) is 0.405. The summed E-state index contributed by atoms with van der Waals surface area (Å²) in [6.45, 7) is -0.341. The molecule has 2 aromatic carbocycles. The highest BCUT2D eigenvalue weighted by Crippen LogP contribution is 2.16. The summed E-state index contributed by atoms with van der Waals surface area (Å²) in [4.78, 5) is 4.12. The van der Waals surface area contributed by atoms with Crippen LogP contribution >= 0.6 is 0 Å². The van der Waals surface area contributed by atoms with E-state index >= 15 is 0 Å². The molecule has 0 heterocycles. The van der Waals surface area contributed by atoms with Crippen molar-refractivity contribution in [2.75, 3.05) is 20.2 Å². The number of hydrogen-bond acceptors (Lipinski definition) is 2. The molecule has 0 saturated heterocycles. The smallest absolute Gasteiger partial charge is 0.367 e. The third-order valence-electron chi connectivity index (χ3n) is 3.80. The Morgan fingerprint density at radius 3 is 2.43 bits per heavy atom. The molecular weight excluding hydrogens is 374 g/mol. The Hall–Kier alpha value is -2.61. The number of aliphatic imine (C=N–C) groups is 1. The van der Waals surface area contributed by atoms with E-state index in [0.717, 1.165) is 11.1 Å². The Morgan fingerprint density at radius 2 is 1.71 bits per heavy atom. The number of nitrogens with one attached hydrogen (secondary N) is 2. The maximum atomic E-state index is 13.2. The monoisotopic (exact) mass is 397 g/mol. The van der Waals surface area contributed by atoms with Crippen molar-refractivity contribution >= 4 is 5.96 Å². The molecule has 28 heavy (non-hydrogen) atoms. The molecule has 8 heteroatoms. The number of nitrogens with zero attached hydrogens (tertiary/aromatic N) is 1. The molecule has 0 amide bonds. The molecule has 0 radical (unpaired) electrons. The first-order valence-corrected chi connectivity index (χ1v) is 8.77. The molecule has 0 aliphatic rings. The highest BCUT2D eigenvalue weighted by molar-refractivity contribution is 5.79. The molecule has 0 aliphatic heterocycles. The molecule has 2 aromatic rings. The molecular formula is C20H23F4N3O. The summed E-state index contributed by atoms with van der Waals surface area (Å²) in [5, 5.41) is 6.27. The number of ether oxygens (including phenoxy) is 1. The molecule has 4 nitrogen and oxygen atoms in total. The van der Waals surface area contributed by atoms with Crippen LogP contribution in [0.5, 0.6) is 0 Å². The third-order valence-corrected chi connectivity index (χ3v) is 3.80. The lowest BCUT2D eigenvalue weighted by Gasteiger charge is -2.13. The van der Waals surface area contributed by atoms with Crippen molar-refractivity contribution < 1.29 is 22.3 Å². The average molecular weight is 397 g/mol. The molecule has 152 valence electrons. The Morgan fingerprint density at radius 1 is 1.00 bits per heavy atom. The van der Waals surface area contributed by atoms with Crippen LogP contribution in [-0.2, 0) is 24.3 Å². The summed E-state index contributed by atoms with van der Waals surface area (Å²) in [5.74, 6) is 0.314. The Bertz CT molecular complexity index is 778. The fourth-order valence-electron chi connectivity index (χ4n) is 2.54. The van der Waals surface area contributed by atoms with Gasteiger partial charge in [0.25, 0.3) is 0 Å². The Kier molecular flexibility index (Phi) is 8.25. The molecule has 2 rings (SSSR count). The summed E-state index contributed by atoms with van der Waals surface area (Å²) in [6, 6.07) is 13.5. The lowest BCUT2D eigenvalue weighted by molar-refractivity contribution is -0.176. The van der Waals surface area contributed by atoms with Gasteiger partial charge in [-0.05, 0) is 35.2 Å². The van der Waals surface area contributed by atoms with Crippen molar-refractivity contribution in [2.45, 2.75) is 25.7 Å². The van der Waals surface area contributed by atoms with Crippen LogP contribution in [0.4, 0.5) is 17.6 Å². The summed E-state index contributed by atoms with van der Waals surface area (Å²) in [6.07, 6.45) is -3.69. The van der Waals surface area contributed by atoms with Crippen LogP contribution in [-0.4, -0.2) is 32.3 Å². The second kappa shape index (κ2) is 10.7. The Balaban J connectivity index is 1.77. The number of benzene rings is 2. The maximum Gasteiger partial charge on any atom is 0.411 e. The SMILES string of the molecule is CN=C(NCCc1cccc(F)c1)NCc1cccc(COCC(F)(F)F)c1. The van der Waals surface area contributed by atoms with Gasteiger partial charge in [-0.2, -0.15) is 13.2 Å². The normalized spacial score (nSPS) is 12.1. The van der Waals surface area contributed by atoms with Gasteiger partial charge in [0, 0.05) is 20.1 Å². The second-order valence-corrected chi connectivity index (χ2v) is 6.16. The van der Waals surface area contributed by atoms with Gasteiger partial charge in [0.2, 0.25) is 0 Å². The van der Waals surface area contributed by atoms with Crippen LogP contribution in [0.15, 0.2) is 53.5 Å². The van der Waals surface area contributed by atoms with Crippen molar-refractivity contribution in [1.82, 2.24) is 10.6 Å². The van der Waals surface area contributed by atoms with Gasteiger partial charge in [0.15, 0.2) is 5.96 Å². The van der Waals surface area contributed by atoms with Crippen LogP contribution < -0.4 is 10.6 Å². The van der Waals surface area contributed by atoms with E-state index in [9.17, 15) is 17.6 Å². The number of guanidine groups is 1. The standard InChI is InChI=1S/C20H23F4N3O/c1-25-19(26-9-8-15-4-3-7-18(21)11-15)27-12-16-5-2-6-17(10-16)13-28-14-20(22,23)24/h2-7,10-11H,8-9,12-14H2,1H3,(H2,25,26,27). The van der Waals surface area contributed by atoms with Crippen LogP contribution in [0.25, 0.3) is 0 Å². The van der Waals surface area contributed by atoms with Gasteiger partial charge in [0.1, 0.15) is 12.4 Å². The van der Waals surface area contributed by atoms with E-state index in [0.29, 0.717) is 31.0 Å². The van der Waals surface area contributed by atoms with E-state index in [1.54, 1.807) is 31.3 Å². The third kappa shape index (κ3) is 8.39. The second-order valence-electron chi connectivity index (χ2n) is 6.16. The van der Waals surface area contributed by atoms with E-state index in [2.05, 4.69) is 20.4 Å². The van der Waals surface area contributed by atoms with E-state index in [1.807, 2.05) is 12.1 Å². The zero-order chi connectivity index (χ0) is 20.4. The zero-order valence-corrected chi connectivity index (χ0v) is 15.5. The highest BCUT2D eigenvalue weighted by Gasteiger charge is 2.27. The molecule has 0 aliphatic carbocycles. The number of halogens is 4. The molecule has 0 saturated carbocycles. The minimum atomic E-state index is -4.33. The first-order valence-electron chi connectivity index (χ1n) is 8.77. The first-order chi connectivity index (χ1) is 13.4. The molecule has 2 N–H and O–H groups in total. The number of alkyl halides is 3. The number of hydrogen-bond donors (Lipinski definition) is 2. The van der Waals surface area contributed by atoms with Crippen molar-refractivity contribution in [2.24, 2.45) is 4.99 Å². The van der Waals surface area contributed by atoms with Crippen molar-refractivity contribution in [3.05, 3.63) is 71.0 Å². The minimum absolute atomic E-state index is 0.103. The fraction of sp³-hybridized carbons (Fsp3) is 0.350. The summed E-state index contributed by atoms with van der Waals surface area (Å²) in [7, 11) is 1.64. The van der Waals surface area contributed by atoms with Crippen LogP contribution in [0.2, 0.25) is 0 Å². The lowest BCUT2D eigenvalue weighted by Crippen LogP contribution is -2.37. The minimum Gasteiger partial charge on any atom is -0.367 e. The number of rotatable bonds is 8. The predicted octanol–water partition coefficient (Wildman–Crippen LogP) is 3.81. The molecule has 0 spiro atoms. The van der Waals surface area contributed by atoms with Crippen molar-refractivity contribution in [3.63, 3.8) is 0 Å². The van der Waals surface area contributed by atoms with Gasteiger partial charge < -0.3 is 15.4 Å². The van der Waals surface area contributed by atoms with Gasteiger partial charge in [-0.15, -0.1) is 0 Å². The van der Waals surface area contributed by atoms with Gasteiger partial charge in [0.05, 0.1) is 6.61 Å². The zero-order valence-electron chi connectivity index (χ0n) is 15.5. The van der Waals surface area contributed by atoms with E-state index < -0.39 is 12.8 Å². The summed E-state index contributed by atoms with van der Waals surface area (Å²) in [5.41, 5.74) is 2.44. The average Bonchev–Trinajstić information content (AvgIpc) is 2.64. The first kappa shape index (κ1) is 21.7. The fourth-order valence-corrected chi connectivity index (χ4v) is 2.54. The summed E-state index contributed by atoms with van der Waals surface area (Å²) < 4.78 is 54.3. The van der Waals surface area contributed by atoms with E-state index in [4.69, 9.17) is 0 Å². The van der Waals surface area contributed by atoms with Gasteiger partial charge in [-0.1, -0.05) is 36.4 Å². The van der Waals surface area contributed by atoms with Gasteiger partial charge in [-0.3, -0.25) is 4.99 Å². The van der Waals surface area contributed by atoms with E-state index in [-0.39, 0.29) is 12.4 Å². The van der Waals surface area contributed by atoms with Crippen LogP contribution in [0, 0.1) is 5.82 Å². The largest absolute Gasteiger partial charge is 0.411 e. The predicted molar refractivity (Wildman–Crippen MR) is 100 cm³/mol.